The molecule has 1 aromatic rings. The van der Waals surface area contributed by atoms with E-state index in [0.717, 1.165) is 31.2 Å². The number of aryl methyl sites for hydroxylation is 1. The number of esters is 1. The lowest BCUT2D eigenvalue weighted by atomic mass is 9.99. The molecule has 120 valence electrons. The molecule has 0 amide bonds. The molecule has 1 aromatic carbocycles. The van der Waals surface area contributed by atoms with Gasteiger partial charge >= 0.3 is 5.97 Å². The second kappa shape index (κ2) is 9.99. The molecule has 1 atom stereocenters. The van der Waals surface area contributed by atoms with Gasteiger partial charge in [-0.3, -0.25) is 0 Å². The number of hydrogen-bond donors (Lipinski definition) is 0. The summed E-state index contributed by atoms with van der Waals surface area (Å²) in [4.78, 5) is 11.8. The molecule has 1 unspecified atom stereocenters. The first-order chi connectivity index (χ1) is 10.6. The van der Waals surface area contributed by atoms with Gasteiger partial charge in [-0.25, -0.2) is 4.79 Å². The first-order valence-corrected chi connectivity index (χ1v) is 8.15. The molecule has 22 heavy (non-hydrogen) atoms. The molecular weight excluding hydrogens is 272 g/mol. The Morgan fingerprint density at radius 1 is 1.27 bits per heavy atom. The summed E-state index contributed by atoms with van der Waals surface area (Å²) in [5.41, 5.74) is 2.87. The van der Waals surface area contributed by atoms with Crippen molar-refractivity contribution in [2.75, 3.05) is 0 Å². The van der Waals surface area contributed by atoms with Crippen molar-refractivity contribution in [1.82, 2.24) is 0 Å². The number of rotatable bonds is 10. The van der Waals surface area contributed by atoms with Crippen LogP contribution in [0.5, 0.6) is 0 Å². The topological polar surface area (TPSA) is 26.3 Å². The van der Waals surface area contributed by atoms with Gasteiger partial charge in [-0.2, -0.15) is 0 Å². The molecule has 0 bridgehead atoms. The molecular formula is C20H28O2. The van der Waals surface area contributed by atoms with Crippen LogP contribution < -0.4 is 0 Å². The summed E-state index contributed by atoms with van der Waals surface area (Å²) in [6.45, 7) is 11.4. The van der Waals surface area contributed by atoms with Crippen molar-refractivity contribution in [2.24, 2.45) is 0 Å². The van der Waals surface area contributed by atoms with Gasteiger partial charge in [-0.1, -0.05) is 63.3 Å². The van der Waals surface area contributed by atoms with Crippen molar-refractivity contribution in [3.8, 4) is 0 Å². The maximum atomic E-state index is 11.8. The third-order valence-electron chi connectivity index (χ3n) is 3.76. The Morgan fingerprint density at radius 2 is 2.00 bits per heavy atom. The second-order valence-electron chi connectivity index (χ2n) is 5.75. The van der Waals surface area contributed by atoms with Crippen LogP contribution in [0.25, 0.3) is 6.08 Å². The van der Waals surface area contributed by atoms with E-state index in [2.05, 4.69) is 32.2 Å². The fourth-order valence-corrected chi connectivity index (χ4v) is 2.41. The zero-order valence-electron chi connectivity index (χ0n) is 13.9. The highest BCUT2D eigenvalue weighted by Crippen LogP contribution is 2.18. The molecule has 0 heterocycles. The average Bonchev–Trinajstić information content (AvgIpc) is 2.52. The highest BCUT2D eigenvalue weighted by atomic mass is 16.5. The second-order valence-corrected chi connectivity index (χ2v) is 5.75. The standard InChI is InChI=1S/C20H28O2/c1-5-7-8-13-19(22-20(21)16(3)4)15-14-18-12-10-9-11-17(18)6-2/h6,9-12,19H,2-3,5,7-8,13-15H2,1,4H3. The van der Waals surface area contributed by atoms with Gasteiger partial charge < -0.3 is 4.74 Å². The predicted octanol–water partition coefficient (Wildman–Crippen LogP) is 5.33. The predicted molar refractivity (Wildman–Crippen MR) is 93.7 cm³/mol. The van der Waals surface area contributed by atoms with Gasteiger partial charge in [0.15, 0.2) is 0 Å². The molecule has 0 aliphatic carbocycles. The summed E-state index contributed by atoms with van der Waals surface area (Å²) in [6, 6.07) is 8.23. The largest absolute Gasteiger partial charge is 0.459 e. The van der Waals surface area contributed by atoms with E-state index in [1.165, 1.54) is 18.4 Å². The van der Waals surface area contributed by atoms with Crippen molar-refractivity contribution in [2.45, 2.75) is 58.5 Å². The maximum absolute atomic E-state index is 11.8. The third-order valence-corrected chi connectivity index (χ3v) is 3.76. The van der Waals surface area contributed by atoms with Crippen LogP contribution in [-0.2, 0) is 16.0 Å². The number of hydrogen-bond acceptors (Lipinski definition) is 2. The minimum atomic E-state index is -0.279. The maximum Gasteiger partial charge on any atom is 0.333 e. The number of unbranched alkanes of at least 4 members (excludes halogenated alkanes) is 2. The lowest BCUT2D eigenvalue weighted by Crippen LogP contribution is -2.19. The SMILES string of the molecule is C=Cc1ccccc1CCC(CCCCC)OC(=O)C(=C)C. The quantitative estimate of drug-likeness (QED) is 0.331. The molecule has 2 heteroatoms. The molecule has 0 fully saturated rings. The molecule has 1 rings (SSSR count). The van der Waals surface area contributed by atoms with Crippen molar-refractivity contribution in [3.63, 3.8) is 0 Å². The lowest BCUT2D eigenvalue weighted by Gasteiger charge is -2.18. The molecule has 0 saturated carbocycles. The number of carbonyl (C=O) groups excluding carboxylic acids is 1. The zero-order chi connectivity index (χ0) is 16.4. The van der Waals surface area contributed by atoms with Crippen LogP contribution >= 0.6 is 0 Å². The first-order valence-electron chi connectivity index (χ1n) is 8.15. The molecule has 0 spiro atoms. The molecule has 2 nitrogen and oxygen atoms in total. The Morgan fingerprint density at radius 3 is 2.64 bits per heavy atom. The van der Waals surface area contributed by atoms with Gasteiger partial charge in [-0.15, -0.1) is 0 Å². The van der Waals surface area contributed by atoms with Crippen LogP contribution in [0.3, 0.4) is 0 Å². The third kappa shape index (κ3) is 6.30. The number of carbonyl (C=O) groups is 1. The van der Waals surface area contributed by atoms with Crippen LogP contribution in [0.15, 0.2) is 43.0 Å². The van der Waals surface area contributed by atoms with Gasteiger partial charge in [0.25, 0.3) is 0 Å². The van der Waals surface area contributed by atoms with Gasteiger partial charge in [0.2, 0.25) is 0 Å². The molecule has 0 radical (unpaired) electrons. The van der Waals surface area contributed by atoms with E-state index in [0.29, 0.717) is 5.57 Å². The van der Waals surface area contributed by atoms with Crippen LogP contribution in [0.4, 0.5) is 0 Å². The van der Waals surface area contributed by atoms with E-state index < -0.39 is 0 Å². The van der Waals surface area contributed by atoms with Gasteiger partial charge in [0, 0.05) is 5.57 Å². The van der Waals surface area contributed by atoms with E-state index in [-0.39, 0.29) is 12.1 Å². The van der Waals surface area contributed by atoms with Crippen molar-refractivity contribution in [1.29, 1.82) is 0 Å². The Kier molecular flexibility index (Phi) is 8.27. The summed E-state index contributed by atoms with van der Waals surface area (Å²) >= 11 is 0. The van der Waals surface area contributed by atoms with Crippen molar-refractivity contribution >= 4 is 12.0 Å². The van der Waals surface area contributed by atoms with Gasteiger partial charge in [0.05, 0.1) is 0 Å². The van der Waals surface area contributed by atoms with Crippen molar-refractivity contribution < 1.29 is 9.53 Å². The summed E-state index contributed by atoms with van der Waals surface area (Å²) < 4.78 is 5.59. The molecule has 0 aliphatic heterocycles. The Bertz CT molecular complexity index is 502. The smallest absolute Gasteiger partial charge is 0.333 e. The fourth-order valence-electron chi connectivity index (χ4n) is 2.41. The molecule has 0 N–H and O–H groups in total. The normalized spacial score (nSPS) is 11.7. The summed E-state index contributed by atoms with van der Waals surface area (Å²) in [7, 11) is 0. The van der Waals surface area contributed by atoms with Crippen LogP contribution in [-0.4, -0.2) is 12.1 Å². The average molecular weight is 300 g/mol. The summed E-state index contributed by atoms with van der Waals surface area (Å²) in [5, 5.41) is 0. The molecule has 0 aliphatic rings. The number of benzene rings is 1. The highest BCUT2D eigenvalue weighted by molar-refractivity contribution is 5.87. The summed E-state index contributed by atoms with van der Waals surface area (Å²) in [5.74, 6) is -0.279. The Hall–Kier alpha value is -1.83. The Labute approximate surface area is 134 Å². The zero-order valence-corrected chi connectivity index (χ0v) is 13.9. The first kappa shape index (κ1) is 18.2. The minimum Gasteiger partial charge on any atom is -0.459 e. The van der Waals surface area contributed by atoms with Gasteiger partial charge in [0.1, 0.15) is 6.10 Å². The van der Waals surface area contributed by atoms with Crippen LogP contribution in [0.1, 0.15) is 57.1 Å². The van der Waals surface area contributed by atoms with Crippen LogP contribution in [0.2, 0.25) is 0 Å². The van der Waals surface area contributed by atoms with Gasteiger partial charge in [-0.05, 0) is 43.7 Å². The highest BCUT2D eigenvalue weighted by Gasteiger charge is 2.15. The van der Waals surface area contributed by atoms with E-state index >= 15 is 0 Å². The van der Waals surface area contributed by atoms with E-state index in [4.69, 9.17) is 4.74 Å². The van der Waals surface area contributed by atoms with E-state index in [1.54, 1.807) is 6.92 Å². The van der Waals surface area contributed by atoms with Crippen molar-refractivity contribution in [3.05, 3.63) is 54.1 Å². The Balaban J connectivity index is 2.64. The summed E-state index contributed by atoms with van der Waals surface area (Å²) in [6.07, 6.45) is 7.92. The van der Waals surface area contributed by atoms with Crippen LogP contribution in [0, 0.1) is 0 Å². The van der Waals surface area contributed by atoms with E-state index in [9.17, 15) is 4.79 Å². The molecule has 0 aromatic heterocycles. The molecule has 0 saturated heterocycles. The number of ether oxygens (including phenoxy) is 1. The lowest BCUT2D eigenvalue weighted by molar-refractivity contribution is -0.144. The minimum absolute atomic E-state index is 0.0337. The fraction of sp³-hybridized carbons (Fsp3) is 0.450. The van der Waals surface area contributed by atoms with E-state index in [1.807, 2.05) is 18.2 Å². The monoisotopic (exact) mass is 300 g/mol.